The molecule has 2 aliphatic carbocycles. The van der Waals surface area contributed by atoms with Gasteiger partial charge in [-0.1, -0.05) is 0 Å². The van der Waals surface area contributed by atoms with Crippen LogP contribution in [0.15, 0.2) is 6.33 Å². The second-order valence-corrected chi connectivity index (χ2v) is 7.34. The molecule has 1 aliphatic heterocycles. The van der Waals surface area contributed by atoms with Crippen LogP contribution in [0.4, 0.5) is 0 Å². The number of rotatable bonds is 4. The molecule has 3 aliphatic rings. The summed E-state index contributed by atoms with van der Waals surface area (Å²) in [4.78, 5) is 11.8. The molecule has 1 saturated carbocycles. The molecular formula is C17H24N6. The van der Waals surface area contributed by atoms with Crippen molar-refractivity contribution in [3.63, 3.8) is 0 Å². The van der Waals surface area contributed by atoms with Gasteiger partial charge in [-0.05, 0) is 44.9 Å². The summed E-state index contributed by atoms with van der Waals surface area (Å²) in [6.07, 6.45) is 10.8. The molecule has 1 N–H and O–H groups in total. The first-order valence-corrected chi connectivity index (χ1v) is 9.05. The Morgan fingerprint density at radius 1 is 1.17 bits per heavy atom. The number of nitrogens with one attached hydrogen (secondary N) is 1. The number of aromatic nitrogens is 5. The van der Waals surface area contributed by atoms with Gasteiger partial charge >= 0.3 is 0 Å². The second kappa shape index (κ2) is 5.44. The van der Waals surface area contributed by atoms with Gasteiger partial charge in [0.15, 0.2) is 5.82 Å². The predicted molar refractivity (Wildman–Crippen MR) is 86.2 cm³/mol. The van der Waals surface area contributed by atoms with Crippen molar-refractivity contribution in [3.05, 3.63) is 29.4 Å². The van der Waals surface area contributed by atoms with E-state index < -0.39 is 0 Å². The smallest absolute Gasteiger partial charge is 0.153 e. The Morgan fingerprint density at radius 2 is 2.09 bits per heavy atom. The molecule has 6 heteroatoms. The summed E-state index contributed by atoms with van der Waals surface area (Å²) in [5, 5.41) is 7.50. The lowest BCUT2D eigenvalue weighted by molar-refractivity contribution is 0.307. The minimum Gasteiger partial charge on any atom is -0.330 e. The van der Waals surface area contributed by atoms with Crippen molar-refractivity contribution < 1.29 is 0 Å². The van der Waals surface area contributed by atoms with Gasteiger partial charge in [0.25, 0.3) is 0 Å². The number of fused-ring (bicyclic) bond motifs is 1. The van der Waals surface area contributed by atoms with Gasteiger partial charge in [0.1, 0.15) is 5.82 Å². The highest BCUT2D eigenvalue weighted by Crippen LogP contribution is 2.37. The number of H-pyrrole nitrogens is 1. The zero-order valence-corrected chi connectivity index (χ0v) is 13.5. The van der Waals surface area contributed by atoms with Crippen molar-refractivity contribution in [3.8, 4) is 0 Å². The molecule has 1 saturated heterocycles. The first-order valence-electron chi connectivity index (χ1n) is 9.05. The van der Waals surface area contributed by atoms with Crippen LogP contribution in [0.2, 0.25) is 0 Å². The van der Waals surface area contributed by atoms with E-state index in [-0.39, 0.29) is 0 Å². The molecule has 5 rings (SSSR count). The van der Waals surface area contributed by atoms with Crippen molar-refractivity contribution in [2.75, 3.05) is 13.1 Å². The Hall–Kier alpha value is -1.69. The fourth-order valence-corrected chi connectivity index (χ4v) is 4.11. The molecule has 0 spiro atoms. The quantitative estimate of drug-likeness (QED) is 0.940. The van der Waals surface area contributed by atoms with Crippen LogP contribution < -0.4 is 0 Å². The monoisotopic (exact) mass is 312 g/mol. The number of aromatic amines is 1. The molecule has 0 aromatic carbocycles. The molecular weight excluding hydrogens is 288 g/mol. The summed E-state index contributed by atoms with van der Waals surface area (Å²) in [5.41, 5.74) is 2.85. The average Bonchev–Trinajstić information content (AvgIpc) is 3.00. The number of imidazole rings is 1. The molecule has 0 bridgehead atoms. The van der Waals surface area contributed by atoms with Crippen LogP contribution in [0.1, 0.15) is 67.1 Å². The highest BCUT2D eigenvalue weighted by Gasteiger charge is 2.30. The zero-order valence-electron chi connectivity index (χ0n) is 13.5. The van der Waals surface area contributed by atoms with Crippen molar-refractivity contribution in [1.82, 2.24) is 29.6 Å². The Labute approximate surface area is 136 Å². The molecule has 0 radical (unpaired) electrons. The zero-order chi connectivity index (χ0) is 15.2. The van der Waals surface area contributed by atoms with Gasteiger partial charge in [-0.25, -0.2) is 9.97 Å². The Kier molecular flexibility index (Phi) is 3.25. The van der Waals surface area contributed by atoms with Gasteiger partial charge in [-0.2, -0.15) is 5.10 Å². The fourth-order valence-electron chi connectivity index (χ4n) is 4.11. The van der Waals surface area contributed by atoms with E-state index in [9.17, 15) is 0 Å². The third-order valence-corrected chi connectivity index (χ3v) is 5.57. The van der Waals surface area contributed by atoms with Gasteiger partial charge in [0, 0.05) is 30.7 Å². The van der Waals surface area contributed by atoms with E-state index in [0.29, 0.717) is 12.0 Å². The molecule has 2 aromatic rings. The molecule has 2 fully saturated rings. The molecule has 1 atom stereocenters. The fraction of sp³-hybridized carbons (Fsp3) is 0.706. The molecule has 23 heavy (non-hydrogen) atoms. The topological polar surface area (TPSA) is 62.6 Å². The molecule has 2 aromatic heterocycles. The predicted octanol–water partition coefficient (Wildman–Crippen LogP) is 2.20. The van der Waals surface area contributed by atoms with Crippen LogP contribution in [0.25, 0.3) is 0 Å². The van der Waals surface area contributed by atoms with Gasteiger partial charge in [0.05, 0.1) is 18.6 Å². The van der Waals surface area contributed by atoms with E-state index in [4.69, 9.17) is 0 Å². The van der Waals surface area contributed by atoms with E-state index in [2.05, 4.69) is 36.0 Å². The number of likely N-dealkylation sites (tertiary alicyclic amines) is 1. The van der Waals surface area contributed by atoms with Crippen LogP contribution >= 0.6 is 0 Å². The third-order valence-electron chi connectivity index (χ3n) is 5.57. The summed E-state index contributed by atoms with van der Waals surface area (Å²) in [6, 6.07) is 0.579. The number of aryl methyl sites for hydroxylation is 1. The third kappa shape index (κ3) is 2.59. The van der Waals surface area contributed by atoms with E-state index in [0.717, 1.165) is 31.3 Å². The maximum Gasteiger partial charge on any atom is 0.153 e. The molecule has 122 valence electrons. The average molecular weight is 312 g/mol. The Morgan fingerprint density at radius 3 is 3.00 bits per heavy atom. The minimum atomic E-state index is 0.579. The highest BCUT2D eigenvalue weighted by molar-refractivity contribution is 5.17. The van der Waals surface area contributed by atoms with Crippen molar-refractivity contribution in [2.45, 2.75) is 63.5 Å². The summed E-state index contributed by atoms with van der Waals surface area (Å²) < 4.78 is 2.46. The van der Waals surface area contributed by atoms with Crippen LogP contribution in [0.3, 0.4) is 0 Å². The molecule has 6 nitrogen and oxygen atoms in total. The van der Waals surface area contributed by atoms with Crippen molar-refractivity contribution in [1.29, 1.82) is 0 Å². The number of hydrogen-bond acceptors (Lipinski definition) is 4. The van der Waals surface area contributed by atoms with Gasteiger partial charge in [-0.15, -0.1) is 0 Å². The number of nitrogens with zero attached hydrogens (tertiary/aromatic N) is 5. The van der Waals surface area contributed by atoms with E-state index >= 15 is 0 Å². The molecule has 3 heterocycles. The van der Waals surface area contributed by atoms with Crippen LogP contribution in [-0.2, 0) is 19.4 Å². The summed E-state index contributed by atoms with van der Waals surface area (Å²) in [5.74, 6) is 2.68. The van der Waals surface area contributed by atoms with E-state index in [1.165, 1.54) is 56.3 Å². The lowest BCUT2D eigenvalue weighted by Crippen LogP contribution is -2.22. The normalized spacial score (nSPS) is 25.0. The maximum absolute atomic E-state index is 4.67. The second-order valence-electron chi connectivity index (χ2n) is 7.34. The first kappa shape index (κ1) is 13.7. The summed E-state index contributed by atoms with van der Waals surface area (Å²) >= 11 is 0. The van der Waals surface area contributed by atoms with Crippen molar-refractivity contribution >= 4 is 0 Å². The van der Waals surface area contributed by atoms with Gasteiger partial charge < -0.3 is 4.57 Å². The number of hydrogen-bond donors (Lipinski definition) is 1. The van der Waals surface area contributed by atoms with Gasteiger partial charge in [-0.3, -0.25) is 10.00 Å². The summed E-state index contributed by atoms with van der Waals surface area (Å²) in [6.45, 7) is 3.13. The standard InChI is InChI=1S/C17H24N6/c1-2-4-15-14(3-1)18-11-23(15)13-7-8-22(9-13)10-16-19-17(21-20-16)12-5-6-12/h11-13H,1-10H2,(H,19,20,21)/t13-/m0/s1. The van der Waals surface area contributed by atoms with Crippen LogP contribution in [-0.4, -0.2) is 42.7 Å². The Balaban J connectivity index is 1.26. The molecule has 0 amide bonds. The summed E-state index contributed by atoms with van der Waals surface area (Å²) in [7, 11) is 0. The maximum atomic E-state index is 4.67. The van der Waals surface area contributed by atoms with Crippen LogP contribution in [0, 0.1) is 0 Å². The highest BCUT2D eigenvalue weighted by atomic mass is 15.3. The first-order chi connectivity index (χ1) is 11.4. The van der Waals surface area contributed by atoms with Gasteiger partial charge in [0.2, 0.25) is 0 Å². The van der Waals surface area contributed by atoms with Crippen molar-refractivity contribution in [2.24, 2.45) is 0 Å². The Bertz CT molecular complexity index is 698. The minimum absolute atomic E-state index is 0.579. The van der Waals surface area contributed by atoms with Crippen LogP contribution in [0.5, 0.6) is 0 Å². The lowest BCUT2D eigenvalue weighted by Gasteiger charge is -2.19. The lowest BCUT2D eigenvalue weighted by atomic mass is 10.0. The van der Waals surface area contributed by atoms with E-state index in [1.54, 1.807) is 0 Å². The van der Waals surface area contributed by atoms with E-state index in [1.807, 2.05) is 0 Å². The largest absolute Gasteiger partial charge is 0.330 e. The molecule has 0 unspecified atom stereocenters. The SMILES string of the molecule is c1nc2c(n1[C@H]1CCN(Cc3nc(C4CC4)n[nH]3)C1)CCCC2.